The van der Waals surface area contributed by atoms with E-state index in [0.717, 1.165) is 48.1 Å². The summed E-state index contributed by atoms with van der Waals surface area (Å²) in [6.45, 7) is 14.9. The number of hydrogen-bond acceptors (Lipinski definition) is 6. The summed E-state index contributed by atoms with van der Waals surface area (Å²) in [5, 5.41) is 17.4. The van der Waals surface area contributed by atoms with Gasteiger partial charge in [0.2, 0.25) is 0 Å². The predicted octanol–water partition coefficient (Wildman–Crippen LogP) is 2.87. The number of ether oxygens (including phenoxy) is 1. The van der Waals surface area contributed by atoms with Crippen molar-refractivity contribution in [2.45, 2.75) is 65.9 Å². The molecule has 2 aromatic heterocycles. The van der Waals surface area contributed by atoms with Crippen LogP contribution in [0.3, 0.4) is 0 Å². The van der Waals surface area contributed by atoms with Gasteiger partial charge >= 0.3 is 0 Å². The van der Waals surface area contributed by atoms with Crippen molar-refractivity contribution in [2.75, 3.05) is 31.1 Å². The molecule has 0 aliphatic carbocycles. The van der Waals surface area contributed by atoms with Crippen LogP contribution in [-0.2, 0) is 16.9 Å². The Morgan fingerprint density at radius 2 is 1.97 bits per heavy atom. The van der Waals surface area contributed by atoms with Crippen LogP contribution in [0.25, 0.3) is 0 Å². The third-order valence-corrected chi connectivity index (χ3v) is 5.54. The molecule has 1 saturated heterocycles. The molecule has 3 atom stereocenters. The van der Waals surface area contributed by atoms with Crippen molar-refractivity contribution in [2.24, 2.45) is 4.99 Å². The summed E-state index contributed by atoms with van der Waals surface area (Å²) in [6.07, 6.45) is 2.28. The Morgan fingerprint density at radius 3 is 2.53 bits per heavy atom. The van der Waals surface area contributed by atoms with E-state index in [2.05, 4.69) is 45.4 Å². The Hall–Kier alpha value is -2.58. The molecule has 3 rings (SSSR count). The lowest BCUT2D eigenvalue weighted by Gasteiger charge is -2.36. The molecule has 1 aliphatic heterocycles. The van der Waals surface area contributed by atoms with E-state index >= 15 is 0 Å². The van der Waals surface area contributed by atoms with Gasteiger partial charge in [-0.15, -0.1) is 0 Å². The van der Waals surface area contributed by atoms with Gasteiger partial charge in [-0.1, -0.05) is 6.07 Å². The number of anilines is 1. The summed E-state index contributed by atoms with van der Waals surface area (Å²) in [6, 6.07) is 5.99. The Bertz CT molecular complexity index is 897. The average Bonchev–Trinajstić information content (AvgIpc) is 3.09. The highest BCUT2D eigenvalue weighted by molar-refractivity contribution is 5.79. The molecule has 0 aromatic carbocycles. The molecule has 176 valence electrons. The zero-order valence-electron chi connectivity index (χ0n) is 20.1. The zero-order chi connectivity index (χ0) is 23.3. The molecule has 8 nitrogen and oxygen atoms in total. The topological polar surface area (TPSA) is 95.2 Å². The van der Waals surface area contributed by atoms with Crippen molar-refractivity contribution in [1.29, 1.82) is 0 Å². The Balaban J connectivity index is 1.61. The lowest BCUT2D eigenvalue weighted by molar-refractivity contribution is -0.00546. The predicted molar refractivity (Wildman–Crippen MR) is 127 cm³/mol. The van der Waals surface area contributed by atoms with Crippen LogP contribution in [0.1, 0.15) is 50.3 Å². The van der Waals surface area contributed by atoms with Crippen molar-refractivity contribution in [1.82, 2.24) is 15.6 Å². The van der Waals surface area contributed by atoms with Gasteiger partial charge in [0, 0.05) is 31.4 Å². The van der Waals surface area contributed by atoms with Gasteiger partial charge in [-0.25, -0.2) is 9.98 Å². The van der Waals surface area contributed by atoms with E-state index in [4.69, 9.17) is 9.15 Å². The summed E-state index contributed by atoms with van der Waals surface area (Å²) in [5.41, 5.74) is 0.728. The molecular formula is C24H37N5O3. The lowest BCUT2D eigenvalue weighted by Crippen LogP contribution is -2.45. The molecule has 3 N–H and O–H groups in total. The molecule has 0 bridgehead atoms. The second kappa shape index (κ2) is 10.4. The number of aromatic nitrogens is 1. The highest BCUT2D eigenvalue weighted by Crippen LogP contribution is 2.26. The number of nitrogens with one attached hydrogen (secondary N) is 2. The second-order valence-corrected chi connectivity index (χ2v) is 8.84. The summed E-state index contributed by atoms with van der Waals surface area (Å²) < 4.78 is 11.4. The third kappa shape index (κ3) is 6.23. The maximum absolute atomic E-state index is 10.9. The standard InChI is InChI=1S/C24H37N5O3/c1-7-25-23(28-15-24(6,30)21-10-16(2)32-19(21)5)27-12-20-8-9-22(26-11-20)29-13-17(3)31-18(4)14-29/h8-11,17-18,30H,7,12-15H2,1-6H3,(H2,25,27,28). The first kappa shape index (κ1) is 24.1. The van der Waals surface area contributed by atoms with Crippen LogP contribution < -0.4 is 15.5 Å². The highest BCUT2D eigenvalue weighted by atomic mass is 16.5. The van der Waals surface area contributed by atoms with E-state index in [1.807, 2.05) is 39.1 Å². The summed E-state index contributed by atoms with van der Waals surface area (Å²) in [5.74, 6) is 3.12. The Labute approximate surface area is 191 Å². The molecule has 0 saturated carbocycles. The van der Waals surface area contributed by atoms with E-state index in [0.29, 0.717) is 19.0 Å². The molecule has 0 radical (unpaired) electrons. The lowest BCUT2D eigenvalue weighted by atomic mass is 9.96. The maximum Gasteiger partial charge on any atom is 0.191 e. The first-order valence-corrected chi connectivity index (χ1v) is 11.4. The zero-order valence-corrected chi connectivity index (χ0v) is 20.1. The van der Waals surface area contributed by atoms with Crippen LogP contribution in [0.5, 0.6) is 0 Å². The number of guanidine groups is 1. The van der Waals surface area contributed by atoms with E-state index in [-0.39, 0.29) is 12.2 Å². The SMILES string of the molecule is CCNC(=NCc1ccc(N2CC(C)OC(C)C2)nc1)NCC(C)(O)c1cc(C)oc1C. The third-order valence-electron chi connectivity index (χ3n) is 5.54. The van der Waals surface area contributed by atoms with Crippen molar-refractivity contribution >= 4 is 11.8 Å². The Morgan fingerprint density at radius 1 is 1.25 bits per heavy atom. The molecule has 1 aliphatic rings. The van der Waals surface area contributed by atoms with Crippen molar-refractivity contribution in [3.63, 3.8) is 0 Å². The molecular weight excluding hydrogens is 406 g/mol. The normalized spacial score (nSPS) is 21.3. The number of aryl methyl sites for hydroxylation is 2. The van der Waals surface area contributed by atoms with E-state index in [1.165, 1.54) is 0 Å². The van der Waals surface area contributed by atoms with Crippen LogP contribution in [-0.4, -0.2) is 54.4 Å². The van der Waals surface area contributed by atoms with Gasteiger partial charge in [-0.2, -0.15) is 0 Å². The molecule has 3 unspecified atom stereocenters. The molecule has 0 amide bonds. The molecule has 3 heterocycles. The summed E-state index contributed by atoms with van der Waals surface area (Å²) in [7, 11) is 0. The summed E-state index contributed by atoms with van der Waals surface area (Å²) >= 11 is 0. The number of aliphatic imine (C=N–C) groups is 1. The van der Waals surface area contributed by atoms with Crippen molar-refractivity contribution in [3.8, 4) is 0 Å². The van der Waals surface area contributed by atoms with Crippen molar-refractivity contribution < 1.29 is 14.3 Å². The fourth-order valence-electron chi connectivity index (χ4n) is 4.09. The number of morpholine rings is 1. The minimum absolute atomic E-state index is 0.200. The first-order valence-electron chi connectivity index (χ1n) is 11.4. The van der Waals surface area contributed by atoms with Gasteiger partial charge in [-0.3, -0.25) is 0 Å². The van der Waals surface area contributed by atoms with Gasteiger partial charge in [0.05, 0.1) is 25.3 Å². The van der Waals surface area contributed by atoms with E-state index < -0.39 is 5.60 Å². The van der Waals surface area contributed by atoms with E-state index in [1.54, 1.807) is 6.92 Å². The van der Waals surface area contributed by atoms with Gasteiger partial charge in [-0.05, 0) is 59.2 Å². The fourth-order valence-corrected chi connectivity index (χ4v) is 4.09. The van der Waals surface area contributed by atoms with Crippen LogP contribution in [0.2, 0.25) is 0 Å². The van der Waals surface area contributed by atoms with Gasteiger partial charge in [0.15, 0.2) is 5.96 Å². The first-order chi connectivity index (χ1) is 15.2. The maximum atomic E-state index is 10.9. The number of hydrogen-bond donors (Lipinski definition) is 3. The van der Waals surface area contributed by atoms with Crippen LogP contribution in [0.4, 0.5) is 5.82 Å². The monoisotopic (exact) mass is 443 g/mol. The minimum Gasteiger partial charge on any atom is -0.466 e. The number of nitrogens with zero attached hydrogens (tertiary/aromatic N) is 3. The minimum atomic E-state index is -1.08. The van der Waals surface area contributed by atoms with E-state index in [9.17, 15) is 5.11 Å². The largest absolute Gasteiger partial charge is 0.466 e. The smallest absolute Gasteiger partial charge is 0.191 e. The molecule has 0 spiro atoms. The molecule has 32 heavy (non-hydrogen) atoms. The number of furan rings is 1. The fraction of sp³-hybridized carbons (Fsp3) is 0.583. The molecule has 8 heteroatoms. The molecule has 1 fully saturated rings. The van der Waals surface area contributed by atoms with Gasteiger partial charge in [0.25, 0.3) is 0 Å². The van der Waals surface area contributed by atoms with Crippen LogP contribution >= 0.6 is 0 Å². The number of pyridine rings is 1. The number of rotatable bonds is 7. The quantitative estimate of drug-likeness (QED) is 0.447. The molecule has 2 aromatic rings. The second-order valence-electron chi connectivity index (χ2n) is 8.84. The van der Waals surface area contributed by atoms with Crippen molar-refractivity contribution in [3.05, 3.63) is 47.0 Å². The highest BCUT2D eigenvalue weighted by Gasteiger charge is 2.28. The van der Waals surface area contributed by atoms with Crippen LogP contribution in [0.15, 0.2) is 33.8 Å². The van der Waals surface area contributed by atoms with Gasteiger partial charge < -0.3 is 29.8 Å². The Kier molecular flexibility index (Phi) is 7.79. The number of aliphatic hydroxyl groups is 1. The summed E-state index contributed by atoms with van der Waals surface area (Å²) in [4.78, 5) is 11.6. The van der Waals surface area contributed by atoms with Gasteiger partial charge in [0.1, 0.15) is 22.9 Å². The van der Waals surface area contributed by atoms with Crippen LogP contribution in [0, 0.1) is 13.8 Å². The average molecular weight is 444 g/mol.